The predicted octanol–water partition coefficient (Wildman–Crippen LogP) is 1.50. The molecule has 0 aliphatic carbocycles. The fourth-order valence-corrected chi connectivity index (χ4v) is 3.31. The number of carbonyl (C=O) groups excluding carboxylic acids is 2. The Morgan fingerprint density at radius 1 is 1.17 bits per heavy atom. The molecule has 8 heteroatoms. The van der Waals surface area contributed by atoms with Crippen LogP contribution in [0.3, 0.4) is 0 Å². The lowest BCUT2D eigenvalue weighted by Crippen LogP contribution is -2.41. The average molecular weight is 422 g/mol. The van der Waals surface area contributed by atoms with Gasteiger partial charge in [-0.25, -0.2) is 5.48 Å². The van der Waals surface area contributed by atoms with Crippen molar-refractivity contribution in [2.45, 2.75) is 45.7 Å². The van der Waals surface area contributed by atoms with Crippen molar-refractivity contribution < 1.29 is 24.3 Å². The van der Waals surface area contributed by atoms with Crippen LogP contribution in [0.5, 0.6) is 0 Å². The van der Waals surface area contributed by atoms with Crippen LogP contribution < -0.4 is 10.8 Å². The lowest BCUT2D eigenvalue weighted by Gasteiger charge is -2.26. The van der Waals surface area contributed by atoms with Gasteiger partial charge in [-0.2, -0.15) is 0 Å². The molecule has 2 rings (SSSR count). The number of benzene rings is 1. The van der Waals surface area contributed by atoms with Crippen molar-refractivity contribution in [3.63, 3.8) is 0 Å². The molecular weight excluding hydrogens is 386 g/mol. The highest BCUT2D eigenvalue weighted by atomic mass is 16.5. The van der Waals surface area contributed by atoms with Gasteiger partial charge < -0.3 is 14.8 Å². The van der Waals surface area contributed by atoms with E-state index in [1.807, 2.05) is 24.3 Å². The highest BCUT2D eigenvalue weighted by molar-refractivity contribution is 5.75. The minimum atomic E-state index is -0.399. The molecule has 3 N–H and O–H groups in total. The smallest absolute Gasteiger partial charge is 0.323 e. The maximum Gasteiger partial charge on any atom is 0.323 e. The van der Waals surface area contributed by atoms with E-state index in [0.29, 0.717) is 31.9 Å². The summed E-state index contributed by atoms with van der Waals surface area (Å²) in [6, 6.07) is 7.53. The molecule has 1 aliphatic heterocycles. The molecule has 0 bridgehead atoms. The highest BCUT2D eigenvalue weighted by Crippen LogP contribution is 2.10. The second kappa shape index (κ2) is 13.3. The number of rotatable bonds is 12. The summed E-state index contributed by atoms with van der Waals surface area (Å²) >= 11 is 0. The van der Waals surface area contributed by atoms with Crippen molar-refractivity contribution in [2.24, 2.45) is 5.92 Å². The summed E-state index contributed by atoms with van der Waals surface area (Å²) in [5.74, 6) is -0.234. The summed E-state index contributed by atoms with van der Waals surface area (Å²) in [7, 11) is 0. The number of nitrogens with one attached hydrogen (secondary N) is 2. The van der Waals surface area contributed by atoms with Gasteiger partial charge in [-0.1, -0.05) is 38.1 Å². The van der Waals surface area contributed by atoms with Crippen LogP contribution in [0.25, 0.3) is 0 Å². The second-order valence-electron chi connectivity index (χ2n) is 8.04. The highest BCUT2D eigenvalue weighted by Gasteiger charge is 2.21. The molecule has 1 fully saturated rings. The molecule has 168 valence electrons. The predicted molar refractivity (Wildman–Crippen MR) is 113 cm³/mol. The van der Waals surface area contributed by atoms with E-state index in [4.69, 9.17) is 14.7 Å². The molecule has 0 aromatic heterocycles. The van der Waals surface area contributed by atoms with Crippen LogP contribution in [-0.2, 0) is 32.0 Å². The van der Waals surface area contributed by atoms with Crippen molar-refractivity contribution in [2.75, 3.05) is 39.5 Å². The molecule has 0 spiro atoms. The number of morpholine rings is 1. The number of aryl methyl sites for hydroxylation is 1. The molecule has 1 aromatic carbocycles. The van der Waals surface area contributed by atoms with Crippen LogP contribution in [0, 0.1) is 5.92 Å². The van der Waals surface area contributed by atoms with Crippen LogP contribution in [0.15, 0.2) is 24.3 Å². The Morgan fingerprint density at radius 3 is 2.47 bits per heavy atom. The summed E-state index contributed by atoms with van der Waals surface area (Å²) in [6.45, 7) is 9.10. The van der Waals surface area contributed by atoms with Gasteiger partial charge in [0.25, 0.3) is 0 Å². The normalized spacial score (nSPS) is 15.7. The van der Waals surface area contributed by atoms with Crippen LogP contribution in [0.2, 0.25) is 0 Å². The van der Waals surface area contributed by atoms with E-state index >= 15 is 0 Å². The molecule has 0 radical (unpaired) electrons. The molecular formula is C22H35N3O5. The largest absolute Gasteiger partial charge is 0.463 e. The van der Waals surface area contributed by atoms with Gasteiger partial charge in [0.05, 0.1) is 13.2 Å². The number of hydrogen-bond donors (Lipinski definition) is 3. The molecule has 0 unspecified atom stereocenters. The third kappa shape index (κ3) is 9.21. The number of esters is 1. The molecule has 1 atom stereocenters. The third-order valence-electron chi connectivity index (χ3n) is 5.09. The van der Waals surface area contributed by atoms with E-state index < -0.39 is 5.91 Å². The number of ether oxygens (including phenoxy) is 2. The molecule has 1 heterocycles. The first-order valence-corrected chi connectivity index (χ1v) is 10.7. The zero-order valence-corrected chi connectivity index (χ0v) is 18.1. The van der Waals surface area contributed by atoms with Crippen molar-refractivity contribution in [1.82, 2.24) is 15.7 Å². The number of nitrogens with zero attached hydrogens (tertiary/aromatic N) is 1. The number of amides is 1. The Labute approximate surface area is 178 Å². The molecule has 8 nitrogen and oxygen atoms in total. The van der Waals surface area contributed by atoms with Gasteiger partial charge in [0.15, 0.2) is 0 Å². The Hall–Kier alpha value is -2.00. The minimum absolute atomic E-state index is 0.205. The average Bonchev–Trinajstić information content (AvgIpc) is 2.76. The summed E-state index contributed by atoms with van der Waals surface area (Å²) in [6.07, 6.45) is 1.51. The quantitative estimate of drug-likeness (QED) is 0.267. The molecule has 1 aliphatic rings. The van der Waals surface area contributed by atoms with Crippen LogP contribution in [0.4, 0.5) is 0 Å². The van der Waals surface area contributed by atoms with Gasteiger partial charge in [-0.05, 0) is 29.9 Å². The Bertz CT molecular complexity index is 645. The van der Waals surface area contributed by atoms with Crippen molar-refractivity contribution >= 4 is 11.9 Å². The third-order valence-corrected chi connectivity index (χ3v) is 5.09. The molecule has 1 amide bonds. The van der Waals surface area contributed by atoms with Gasteiger partial charge in [0, 0.05) is 32.6 Å². The van der Waals surface area contributed by atoms with Gasteiger partial charge in [0.2, 0.25) is 5.91 Å². The van der Waals surface area contributed by atoms with Gasteiger partial charge >= 0.3 is 5.97 Å². The standard InChI is InChI=1S/C22H35N3O5/c1-17(2)15-20(22(27)30-14-11-25-9-12-29-13-10-25)23-16-19-5-3-18(4-6-19)7-8-21(26)24-28/h3-6,17,20,23,28H,7-16H2,1-2H3,(H,24,26)/t20-/m0/s1. The maximum atomic E-state index is 12.6. The molecule has 1 saturated heterocycles. The van der Waals surface area contributed by atoms with E-state index in [9.17, 15) is 9.59 Å². The van der Waals surface area contributed by atoms with Crippen molar-refractivity contribution in [3.8, 4) is 0 Å². The number of hydrogen-bond acceptors (Lipinski definition) is 7. The van der Waals surface area contributed by atoms with Crippen LogP contribution in [0.1, 0.15) is 37.8 Å². The van der Waals surface area contributed by atoms with Crippen molar-refractivity contribution in [3.05, 3.63) is 35.4 Å². The van der Waals surface area contributed by atoms with Gasteiger partial charge in [-0.15, -0.1) is 0 Å². The topological polar surface area (TPSA) is 100 Å². The first-order chi connectivity index (χ1) is 14.5. The summed E-state index contributed by atoms with van der Waals surface area (Å²) in [5.41, 5.74) is 3.71. The van der Waals surface area contributed by atoms with E-state index in [1.165, 1.54) is 0 Å². The molecule has 0 saturated carbocycles. The maximum absolute atomic E-state index is 12.6. The minimum Gasteiger partial charge on any atom is -0.463 e. The van der Waals surface area contributed by atoms with Gasteiger partial charge in [0.1, 0.15) is 12.6 Å². The summed E-state index contributed by atoms with van der Waals surface area (Å²) < 4.78 is 10.9. The lowest BCUT2D eigenvalue weighted by molar-refractivity contribution is -0.147. The monoisotopic (exact) mass is 421 g/mol. The SMILES string of the molecule is CC(C)C[C@H](NCc1ccc(CCC(=O)NO)cc1)C(=O)OCCN1CCOCC1. The molecule has 30 heavy (non-hydrogen) atoms. The van der Waals surface area contributed by atoms with E-state index in [-0.39, 0.29) is 18.4 Å². The van der Waals surface area contributed by atoms with Crippen molar-refractivity contribution in [1.29, 1.82) is 0 Å². The lowest BCUT2D eigenvalue weighted by atomic mass is 10.0. The zero-order valence-electron chi connectivity index (χ0n) is 18.1. The fraction of sp³-hybridized carbons (Fsp3) is 0.636. The summed E-state index contributed by atoms with van der Waals surface area (Å²) in [5, 5.41) is 11.9. The number of carbonyl (C=O) groups is 2. The van der Waals surface area contributed by atoms with Crippen LogP contribution in [-0.4, -0.2) is 67.5 Å². The van der Waals surface area contributed by atoms with Gasteiger partial charge in [-0.3, -0.25) is 19.7 Å². The second-order valence-corrected chi connectivity index (χ2v) is 8.04. The van der Waals surface area contributed by atoms with E-state index in [1.54, 1.807) is 5.48 Å². The number of hydroxylamine groups is 1. The first kappa shape index (κ1) is 24.3. The Balaban J connectivity index is 1.78. The summed E-state index contributed by atoms with van der Waals surface area (Å²) in [4.78, 5) is 26.0. The first-order valence-electron chi connectivity index (χ1n) is 10.7. The zero-order chi connectivity index (χ0) is 21.8. The van der Waals surface area contributed by atoms with E-state index in [2.05, 4.69) is 24.1 Å². The van der Waals surface area contributed by atoms with Crippen LogP contribution >= 0.6 is 0 Å². The Morgan fingerprint density at radius 2 is 1.83 bits per heavy atom. The Kier molecular flexibility index (Phi) is 10.8. The molecule has 1 aromatic rings. The fourth-order valence-electron chi connectivity index (χ4n) is 3.31. The van der Waals surface area contributed by atoms with E-state index in [0.717, 1.165) is 44.0 Å².